The van der Waals surface area contributed by atoms with Crippen LogP contribution in [0.1, 0.15) is 11.4 Å². The largest absolute Gasteiger partial charge is 0.358 e. The standard InChI is InChI=1S/C12H8ClF2N3OS2/c13-7-4-16-10-6(7)2-1-3-8(10)18-21(19)9-5-17-12(20-9)11(14)15/h1-5,11,16,18H. The molecule has 2 N–H and O–H groups in total. The van der Waals surface area contributed by atoms with E-state index in [-0.39, 0.29) is 9.22 Å². The van der Waals surface area contributed by atoms with E-state index in [2.05, 4.69) is 14.7 Å². The Balaban J connectivity index is 1.89. The van der Waals surface area contributed by atoms with Gasteiger partial charge in [-0.2, -0.15) is 0 Å². The minimum absolute atomic E-state index is 0.236. The summed E-state index contributed by atoms with van der Waals surface area (Å²) in [5.74, 6) is 0. The van der Waals surface area contributed by atoms with Gasteiger partial charge in [-0.3, -0.25) is 4.72 Å². The lowest BCUT2D eigenvalue weighted by molar-refractivity contribution is 0.151. The second-order valence-electron chi connectivity index (χ2n) is 4.05. The maximum Gasteiger partial charge on any atom is 0.289 e. The maximum atomic E-state index is 12.5. The van der Waals surface area contributed by atoms with Crippen LogP contribution in [0.3, 0.4) is 0 Å². The fourth-order valence-corrected chi connectivity index (χ4v) is 3.83. The lowest BCUT2D eigenvalue weighted by atomic mass is 10.2. The number of hydrogen-bond donors (Lipinski definition) is 2. The number of hydrogen-bond acceptors (Lipinski definition) is 3. The molecule has 2 aromatic heterocycles. The van der Waals surface area contributed by atoms with Gasteiger partial charge in [0.1, 0.15) is 4.21 Å². The number of para-hydroxylation sites is 1. The van der Waals surface area contributed by atoms with Gasteiger partial charge in [-0.1, -0.05) is 23.7 Å². The summed E-state index contributed by atoms with van der Waals surface area (Å²) < 4.78 is 40.2. The average Bonchev–Trinajstić information content (AvgIpc) is 3.07. The molecule has 0 aliphatic rings. The molecule has 3 rings (SSSR count). The van der Waals surface area contributed by atoms with Crippen LogP contribution in [0.25, 0.3) is 10.9 Å². The van der Waals surface area contributed by atoms with Crippen molar-refractivity contribution < 1.29 is 13.0 Å². The zero-order valence-electron chi connectivity index (χ0n) is 10.3. The first kappa shape index (κ1) is 14.4. The van der Waals surface area contributed by atoms with Crippen LogP contribution < -0.4 is 4.72 Å². The molecule has 0 amide bonds. The third-order valence-corrected chi connectivity index (χ3v) is 5.43. The number of H-pyrrole nitrogens is 1. The number of aromatic nitrogens is 2. The smallest absolute Gasteiger partial charge is 0.289 e. The number of alkyl halides is 2. The Morgan fingerprint density at radius 2 is 2.24 bits per heavy atom. The minimum Gasteiger partial charge on any atom is -0.358 e. The molecule has 0 bridgehead atoms. The summed E-state index contributed by atoms with van der Waals surface area (Å²) in [5.41, 5.74) is 1.28. The quantitative estimate of drug-likeness (QED) is 0.737. The maximum absolute atomic E-state index is 12.5. The van der Waals surface area contributed by atoms with Crippen LogP contribution in [0.5, 0.6) is 0 Å². The predicted octanol–water partition coefficient (Wildman–Crippen LogP) is 4.35. The van der Waals surface area contributed by atoms with Crippen molar-refractivity contribution in [2.45, 2.75) is 10.6 Å². The van der Waals surface area contributed by atoms with E-state index in [1.54, 1.807) is 18.3 Å². The highest BCUT2D eigenvalue weighted by atomic mass is 35.5. The molecule has 1 atom stereocenters. The highest BCUT2D eigenvalue weighted by molar-refractivity contribution is 7.88. The number of nitrogens with one attached hydrogen (secondary N) is 2. The molecule has 0 radical (unpaired) electrons. The molecule has 1 unspecified atom stereocenters. The van der Waals surface area contributed by atoms with E-state index >= 15 is 0 Å². The Morgan fingerprint density at radius 3 is 2.95 bits per heavy atom. The SMILES string of the molecule is O=S(Nc1cccc2c(Cl)c[nH]c12)c1cnc(C(F)F)s1. The van der Waals surface area contributed by atoms with Gasteiger partial charge in [-0.05, 0) is 6.07 Å². The molecule has 0 saturated carbocycles. The van der Waals surface area contributed by atoms with E-state index in [0.29, 0.717) is 16.2 Å². The number of nitrogens with zero attached hydrogens (tertiary/aromatic N) is 1. The predicted molar refractivity (Wildman–Crippen MR) is 80.4 cm³/mol. The van der Waals surface area contributed by atoms with E-state index in [1.807, 2.05) is 6.07 Å². The number of aromatic amines is 1. The summed E-state index contributed by atoms with van der Waals surface area (Å²) in [6.45, 7) is 0. The zero-order chi connectivity index (χ0) is 15.0. The fourth-order valence-electron chi connectivity index (χ4n) is 1.81. The van der Waals surface area contributed by atoms with Gasteiger partial charge in [0.2, 0.25) is 0 Å². The molecule has 0 aliphatic heterocycles. The Hall–Kier alpha value is -1.51. The van der Waals surface area contributed by atoms with Crippen molar-refractivity contribution in [3.05, 3.63) is 40.6 Å². The summed E-state index contributed by atoms with van der Waals surface area (Å²) >= 11 is 6.73. The molecular weight excluding hydrogens is 340 g/mol. The number of anilines is 1. The van der Waals surface area contributed by atoms with Crippen molar-refractivity contribution in [3.63, 3.8) is 0 Å². The molecule has 0 aliphatic carbocycles. The van der Waals surface area contributed by atoms with E-state index in [1.165, 1.54) is 6.20 Å². The second-order valence-corrected chi connectivity index (χ2v) is 6.96. The Labute approximate surface area is 129 Å². The highest BCUT2D eigenvalue weighted by Gasteiger charge is 2.16. The first-order valence-electron chi connectivity index (χ1n) is 5.74. The fraction of sp³-hybridized carbons (Fsp3) is 0.0833. The molecule has 2 heterocycles. The number of rotatable bonds is 4. The average molecular weight is 348 g/mol. The van der Waals surface area contributed by atoms with Gasteiger partial charge in [0, 0.05) is 11.6 Å². The lowest BCUT2D eigenvalue weighted by Gasteiger charge is -2.05. The van der Waals surface area contributed by atoms with Crippen LogP contribution in [-0.4, -0.2) is 14.2 Å². The molecule has 0 saturated heterocycles. The minimum atomic E-state index is -2.66. The van der Waals surface area contributed by atoms with Gasteiger partial charge in [0.15, 0.2) is 16.0 Å². The Kier molecular flexibility index (Phi) is 3.92. The number of halogens is 3. The van der Waals surface area contributed by atoms with E-state index in [4.69, 9.17) is 11.6 Å². The van der Waals surface area contributed by atoms with Crippen molar-refractivity contribution in [2.75, 3.05) is 4.72 Å². The van der Waals surface area contributed by atoms with Crippen molar-refractivity contribution in [1.29, 1.82) is 0 Å². The highest BCUT2D eigenvalue weighted by Crippen LogP contribution is 2.30. The lowest BCUT2D eigenvalue weighted by Crippen LogP contribution is -2.03. The molecule has 4 nitrogen and oxygen atoms in total. The van der Waals surface area contributed by atoms with Crippen molar-refractivity contribution in [2.24, 2.45) is 0 Å². The normalized spacial score (nSPS) is 13.0. The van der Waals surface area contributed by atoms with E-state index in [9.17, 15) is 13.0 Å². The molecular formula is C12H8ClF2N3OS2. The Morgan fingerprint density at radius 1 is 1.43 bits per heavy atom. The van der Waals surface area contributed by atoms with Crippen LogP contribution >= 0.6 is 22.9 Å². The van der Waals surface area contributed by atoms with Gasteiger partial charge in [0.25, 0.3) is 6.43 Å². The number of benzene rings is 1. The summed E-state index contributed by atoms with van der Waals surface area (Å²) in [4.78, 5) is 6.53. The topological polar surface area (TPSA) is 57.8 Å². The molecule has 1 aromatic carbocycles. The number of thiazole rings is 1. The third kappa shape index (κ3) is 2.78. The van der Waals surface area contributed by atoms with Crippen LogP contribution in [-0.2, 0) is 11.0 Å². The number of fused-ring (bicyclic) bond motifs is 1. The molecule has 0 spiro atoms. The van der Waals surface area contributed by atoms with Gasteiger partial charge in [-0.25, -0.2) is 18.0 Å². The third-order valence-electron chi connectivity index (χ3n) is 2.74. The second kappa shape index (κ2) is 5.70. The van der Waals surface area contributed by atoms with Crippen molar-refractivity contribution in [1.82, 2.24) is 9.97 Å². The first-order chi connectivity index (χ1) is 10.1. The molecule has 3 aromatic rings. The molecule has 0 fully saturated rings. The van der Waals surface area contributed by atoms with E-state index in [0.717, 1.165) is 16.7 Å². The summed E-state index contributed by atoms with van der Waals surface area (Å²) in [6.07, 6.45) is 0.158. The van der Waals surface area contributed by atoms with Crippen LogP contribution in [0.2, 0.25) is 5.02 Å². The van der Waals surface area contributed by atoms with Crippen LogP contribution in [0.15, 0.2) is 34.8 Å². The van der Waals surface area contributed by atoms with Gasteiger partial charge in [0.05, 0.1) is 22.4 Å². The van der Waals surface area contributed by atoms with Gasteiger partial charge in [-0.15, -0.1) is 11.3 Å². The summed E-state index contributed by atoms with van der Waals surface area (Å²) in [5, 5.41) is 0.995. The summed E-state index contributed by atoms with van der Waals surface area (Å²) in [7, 11) is -1.67. The Bertz CT molecular complexity index is 818. The van der Waals surface area contributed by atoms with Crippen molar-refractivity contribution in [3.8, 4) is 0 Å². The van der Waals surface area contributed by atoms with Gasteiger partial charge >= 0.3 is 0 Å². The summed E-state index contributed by atoms with van der Waals surface area (Å²) in [6, 6.07) is 5.31. The molecule has 9 heteroatoms. The van der Waals surface area contributed by atoms with Gasteiger partial charge < -0.3 is 4.98 Å². The van der Waals surface area contributed by atoms with Crippen LogP contribution in [0, 0.1) is 0 Å². The monoisotopic (exact) mass is 347 g/mol. The molecule has 110 valence electrons. The van der Waals surface area contributed by atoms with Crippen LogP contribution in [0.4, 0.5) is 14.5 Å². The first-order valence-corrected chi connectivity index (χ1v) is 8.08. The van der Waals surface area contributed by atoms with Crippen molar-refractivity contribution >= 4 is 50.5 Å². The molecule has 21 heavy (non-hydrogen) atoms. The van der Waals surface area contributed by atoms with E-state index < -0.39 is 17.4 Å². The zero-order valence-corrected chi connectivity index (χ0v) is 12.7.